The summed E-state index contributed by atoms with van der Waals surface area (Å²) in [5.41, 5.74) is 0.944. The van der Waals surface area contributed by atoms with E-state index < -0.39 is 20.0 Å². The summed E-state index contributed by atoms with van der Waals surface area (Å²) in [6, 6.07) is 11.8. The molecule has 2 aliphatic heterocycles. The summed E-state index contributed by atoms with van der Waals surface area (Å²) >= 11 is 0. The van der Waals surface area contributed by atoms with Crippen LogP contribution in [0.3, 0.4) is 0 Å². The summed E-state index contributed by atoms with van der Waals surface area (Å²) < 4.78 is 55.9. The molecule has 4 rings (SSSR count). The van der Waals surface area contributed by atoms with Gasteiger partial charge < -0.3 is 4.90 Å². The summed E-state index contributed by atoms with van der Waals surface area (Å²) in [7, 11) is -7.53. The molecule has 8 nitrogen and oxygen atoms in total. The predicted molar refractivity (Wildman–Crippen MR) is 127 cm³/mol. The third-order valence-electron chi connectivity index (χ3n) is 6.33. The monoisotopic (exact) mass is 491 g/mol. The van der Waals surface area contributed by atoms with Crippen molar-refractivity contribution in [1.29, 1.82) is 0 Å². The highest BCUT2D eigenvalue weighted by Gasteiger charge is 2.35. The van der Waals surface area contributed by atoms with Crippen LogP contribution in [0.1, 0.15) is 46.0 Å². The third-order valence-corrected chi connectivity index (χ3v) is 9.87. The van der Waals surface area contributed by atoms with Crippen LogP contribution in [0, 0.1) is 0 Å². The molecule has 0 spiro atoms. The summed E-state index contributed by atoms with van der Waals surface area (Å²) in [6.45, 7) is 4.47. The van der Waals surface area contributed by atoms with Crippen LogP contribution in [0.25, 0.3) is 0 Å². The molecule has 0 bridgehead atoms. The lowest BCUT2D eigenvalue weighted by atomic mass is 10.0. The van der Waals surface area contributed by atoms with Gasteiger partial charge in [-0.15, -0.1) is 0 Å². The molecular formula is C23H29N3O5S2. The number of anilines is 2. The highest BCUT2D eigenvalue weighted by molar-refractivity contribution is 7.92. The maximum Gasteiger partial charge on any atom is 0.261 e. The average molecular weight is 492 g/mol. The van der Waals surface area contributed by atoms with Crippen molar-refractivity contribution in [2.75, 3.05) is 16.2 Å². The zero-order valence-electron chi connectivity index (χ0n) is 18.8. The molecule has 33 heavy (non-hydrogen) atoms. The lowest BCUT2D eigenvalue weighted by Crippen LogP contribution is -2.47. The minimum Gasteiger partial charge on any atom is -0.312 e. The molecule has 1 amide bonds. The first-order valence-corrected chi connectivity index (χ1v) is 14.1. The number of amides is 1. The molecular weight excluding hydrogens is 462 g/mol. The number of nitrogens with zero attached hydrogens (tertiary/aromatic N) is 2. The Morgan fingerprint density at radius 3 is 1.94 bits per heavy atom. The van der Waals surface area contributed by atoms with Gasteiger partial charge in [-0.05, 0) is 81.6 Å². The van der Waals surface area contributed by atoms with Crippen LogP contribution in [0.4, 0.5) is 11.4 Å². The highest BCUT2D eigenvalue weighted by atomic mass is 32.2. The smallest absolute Gasteiger partial charge is 0.261 e. The highest BCUT2D eigenvalue weighted by Crippen LogP contribution is 2.30. The molecule has 0 saturated carbocycles. The molecule has 2 aliphatic rings. The first-order valence-electron chi connectivity index (χ1n) is 11.2. The molecule has 178 valence electrons. The summed E-state index contributed by atoms with van der Waals surface area (Å²) in [6.07, 6.45) is 3.95. The molecule has 1 N–H and O–H groups in total. The standard InChI is InChI=1S/C23H29N3O5S2/c1-17-5-3-6-18(2)26(17)33(30,31)22-12-8-19(9-13-22)24-32(28,29)21-14-10-20(11-15-21)25-16-4-7-23(25)27/h8-15,17-18,24H,3-7,16H2,1-2H3. The van der Waals surface area contributed by atoms with Crippen molar-refractivity contribution in [3.8, 4) is 0 Å². The Hall–Kier alpha value is -2.43. The van der Waals surface area contributed by atoms with Gasteiger partial charge in [0.2, 0.25) is 15.9 Å². The fourth-order valence-corrected chi connectivity index (χ4v) is 7.57. The molecule has 2 fully saturated rings. The lowest BCUT2D eigenvalue weighted by molar-refractivity contribution is -0.117. The Morgan fingerprint density at radius 1 is 0.818 bits per heavy atom. The molecule has 2 unspecified atom stereocenters. The normalized spacial score (nSPS) is 22.5. The third kappa shape index (κ3) is 4.78. The second-order valence-electron chi connectivity index (χ2n) is 8.74. The number of nitrogens with one attached hydrogen (secondary N) is 1. The molecule has 2 atom stereocenters. The van der Waals surface area contributed by atoms with E-state index in [4.69, 9.17) is 0 Å². The first kappa shape index (κ1) is 23.7. The van der Waals surface area contributed by atoms with Crippen molar-refractivity contribution in [2.24, 2.45) is 0 Å². The lowest BCUT2D eigenvalue weighted by Gasteiger charge is -2.37. The molecule has 0 aromatic heterocycles. The van der Waals surface area contributed by atoms with E-state index in [9.17, 15) is 21.6 Å². The fourth-order valence-electron chi connectivity index (χ4n) is 4.63. The van der Waals surface area contributed by atoms with E-state index in [0.29, 0.717) is 18.7 Å². The van der Waals surface area contributed by atoms with Crippen LogP contribution in [-0.4, -0.2) is 45.7 Å². The quantitative estimate of drug-likeness (QED) is 0.665. The molecule has 2 aromatic carbocycles. The maximum absolute atomic E-state index is 13.1. The van der Waals surface area contributed by atoms with Gasteiger partial charge in [0, 0.05) is 36.4 Å². The van der Waals surface area contributed by atoms with Crippen molar-refractivity contribution >= 4 is 37.3 Å². The summed E-state index contributed by atoms with van der Waals surface area (Å²) in [4.78, 5) is 13.7. The zero-order chi connectivity index (χ0) is 23.8. The van der Waals surface area contributed by atoms with Gasteiger partial charge in [0.05, 0.1) is 9.79 Å². The molecule has 10 heteroatoms. The SMILES string of the molecule is CC1CCCC(C)N1S(=O)(=O)c1ccc(NS(=O)(=O)c2ccc(N3CCCC3=O)cc2)cc1. The summed E-state index contributed by atoms with van der Waals surface area (Å²) in [5.74, 6) is 0.0344. The number of rotatable bonds is 6. The number of piperidine rings is 1. The number of sulfonamides is 2. The van der Waals surface area contributed by atoms with Crippen molar-refractivity contribution in [1.82, 2.24) is 4.31 Å². The van der Waals surface area contributed by atoms with Gasteiger partial charge in [-0.1, -0.05) is 6.42 Å². The topological polar surface area (TPSA) is 104 Å². The van der Waals surface area contributed by atoms with E-state index in [0.717, 1.165) is 25.7 Å². The minimum absolute atomic E-state index is 0.0344. The number of carbonyl (C=O) groups excluding carboxylic acids is 1. The molecule has 0 radical (unpaired) electrons. The predicted octanol–water partition coefficient (Wildman–Crippen LogP) is 3.57. The van der Waals surface area contributed by atoms with Gasteiger partial charge in [-0.2, -0.15) is 4.31 Å². The van der Waals surface area contributed by atoms with Crippen LogP contribution < -0.4 is 9.62 Å². The van der Waals surface area contributed by atoms with E-state index in [-0.39, 0.29) is 33.5 Å². The molecule has 0 aliphatic carbocycles. The number of hydrogen-bond acceptors (Lipinski definition) is 5. The van der Waals surface area contributed by atoms with Gasteiger partial charge in [0.15, 0.2) is 0 Å². The van der Waals surface area contributed by atoms with E-state index in [1.165, 1.54) is 36.4 Å². The number of carbonyl (C=O) groups is 1. The first-order chi connectivity index (χ1) is 15.6. The van der Waals surface area contributed by atoms with Crippen LogP contribution in [0.2, 0.25) is 0 Å². The van der Waals surface area contributed by atoms with Gasteiger partial charge in [-0.25, -0.2) is 16.8 Å². The van der Waals surface area contributed by atoms with E-state index in [2.05, 4.69) is 4.72 Å². The second kappa shape index (κ2) is 9.08. The van der Waals surface area contributed by atoms with Crippen molar-refractivity contribution < 1.29 is 21.6 Å². The summed E-state index contributed by atoms with van der Waals surface area (Å²) in [5, 5.41) is 0. The van der Waals surface area contributed by atoms with Crippen molar-refractivity contribution in [3.05, 3.63) is 48.5 Å². The number of benzene rings is 2. The van der Waals surface area contributed by atoms with Crippen LogP contribution in [0.15, 0.2) is 58.3 Å². The van der Waals surface area contributed by atoms with Crippen LogP contribution in [-0.2, 0) is 24.8 Å². The zero-order valence-corrected chi connectivity index (χ0v) is 20.4. The Kier molecular flexibility index (Phi) is 6.52. The molecule has 2 saturated heterocycles. The second-order valence-corrected chi connectivity index (χ2v) is 12.3. The minimum atomic E-state index is -3.87. The van der Waals surface area contributed by atoms with Crippen molar-refractivity contribution in [3.63, 3.8) is 0 Å². The largest absolute Gasteiger partial charge is 0.312 e. The van der Waals surface area contributed by atoms with Gasteiger partial charge in [0.1, 0.15) is 0 Å². The van der Waals surface area contributed by atoms with E-state index in [1.807, 2.05) is 13.8 Å². The Balaban J connectivity index is 1.49. The fraction of sp³-hybridized carbons (Fsp3) is 0.435. The molecule has 2 heterocycles. The van der Waals surface area contributed by atoms with Crippen LogP contribution >= 0.6 is 0 Å². The average Bonchev–Trinajstić information content (AvgIpc) is 3.19. The van der Waals surface area contributed by atoms with Gasteiger partial charge >= 0.3 is 0 Å². The Labute approximate surface area is 195 Å². The molecule has 2 aromatic rings. The maximum atomic E-state index is 13.1. The van der Waals surface area contributed by atoms with E-state index in [1.54, 1.807) is 21.3 Å². The number of hydrogen-bond donors (Lipinski definition) is 1. The van der Waals surface area contributed by atoms with Crippen molar-refractivity contribution in [2.45, 2.75) is 67.8 Å². The Bertz CT molecular complexity index is 1220. The van der Waals surface area contributed by atoms with Gasteiger partial charge in [-0.3, -0.25) is 9.52 Å². The van der Waals surface area contributed by atoms with Gasteiger partial charge in [0.25, 0.3) is 10.0 Å². The van der Waals surface area contributed by atoms with E-state index >= 15 is 0 Å². The van der Waals surface area contributed by atoms with Crippen LogP contribution in [0.5, 0.6) is 0 Å². The Morgan fingerprint density at radius 2 is 1.39 bits per heavy atom.